The minimum atomic E-state index is 0.0241. The quantitative estimate of drug-likeness (QED) is 0.583. The Labute approximate surface area is 95.7 Å². The molecule has 0 aromatic heterocycles. The van der Waals surface area contributed by atoms with Gasteiger partial charge in [-0.3, -0.25) is 4.79 Å². The predicted molar refractivity (Wildman–Crippen MR) is 57.4 cm³/mol. The Morgan fingerprint density at radius 3 is 2.75 bits per heavy atom. The van der Waals surface area contributed by atoms with Crippen LogP contribution in [0.15, 0.2) is 0 Å². The summed E-state index contributed by atoms with van der Waals surface area (Å²) >= 11 is 0. The van der Waals surface area contributed by atoms with Crippen molar-refractivity contribution in [3.8, 4) is 0 Å². The van der Waals surface area contributed by atoms with E-state index in [0.717, 1.165) is 41.9 Å². The summed E-state index contributed by atoms with van der Waals surface area (Å²) in [5, 5.41) is 0. The second-order valence-electron chi connectivity index (χ2n) is 6.92. The second-order valence-corrected chi connectivity index (χ2v) is 6.92. The molecule has 1 heterocycles. The summed E-state index contributed by atoms with van der Waals surface area (Å²) in [5.74, 6) is 5.84. The normalized spacial score (nSPS) is 64.9. The molecular weight excluding hydrogens is 200 g/mol. The molecular formula is C14H18O2. The molecule has 7 atom stereocenters. The standard InChI is InChI=1S/C14H18O2/c15-13-14(3-4-16-13)6-9-10-7-1-2-8(5-7)11(10)12(9)14/h7-12H,1-6H2. The molecule has 2 heteroatoms. The van der Waals surface area contributed by atoms with Crippen LogP contribution in [-0.2, 0) is 9.53 Å². The fourth-order valence-corrected chi connectivity index (χ4v) is 6.42. The number of fused-ring (bicyclic) bond motifs is 9. The Balaban J connectivity index is 1.52. The van der Waals surface area contributed by atoms with Crippen molar-refractivity contribution in [2.24, 2.45) is 40.9 Å². The highest BCUT2D eigenvalue weighted by molar-refractivity contribution is 5.81. The monoisotopic (exact) mass is 218 g/mol. The number of carbonyl (C=O) groups is 1. The molecule has 4 saturated carbocycles. The molecule has 5 rings (SSSR count). The first-order valence-electron chi connectivity index (χ1n) is 6.98. The van der Waals surface area contributed by atoms with Gasteiger partial charge in [0.05, 0.1) is 12.0 Å². The molecule has 0 N–H and O–H groups in total. The highest BCUT2D eigenvalue weighted by Gasteiger charge is 2.76. The molecule has 2 bridgehead atoms. The summed E-state index contributed by atoms with van der Waals surface area (Å²) in [6, 6.07) is 0. The summed E-state index contributed by atoms with van der Waals surface area (Å²) in [6.07, 6.45) is 6.66. The molecule has 0 radical (unpaired) electrons. The van der Waals surface area contributed by atoms with Gasteiger partial charge in [0.25, 0.3) is 0 Å². The van der Waals surface area contributed by atoms with Gasteiger partial charge < -0.3 is 4.74 Å². The Bertz CT molecular complexity index is 390. The van der Waals surface area contributed by atoms with E-state index in [1.165, 1.54) is 25.7 Å². The van der Waals surface area contributed by atoms with Crippen LogP contribution in [0.5, 0.6) is 0 Å². The fraction of sp³-hybridized carbons (Fsp3) is 0.929. The van der Waals surface area contributed by atoms with Crippen LogP contribution >= 0.6 is 0 Å². The Kier molecular flexibility index (Phi) is 1.25. The van der Waals surface area contributed by atoms with Gasteiger partial charge in [-0.15, -0.1) is 0 Å². The molecule has 7 unspecified atom stereocenters. The van der Waals surface area contributed by atoms with Crippen LogP contribution < -0.4 is 0 Å². The summed E-state index contributed by atoms with van der Waals surface area (Å²) < 4.78 is 5.25. The molecule has 5 aliphatic rings. The summed E-state index contributed by atoms with van der Waals surface area (Å²) in [6.45, 7) is 0.702. The lowest BCUT2D eigenvalue weighted by Crippen LogP contribution is -2.67. The number of rotatable bonds is 0. The van der Waals surface area contributed by atoms with Crippen LogP contribution in [0.25, 0.3) is 0 Å². The van der Waals surface area contributed by atoms with Gasteiger partial charge in [0.1, 0.15) is 0 Å². The Hall–Kier alpha value is -0.530. The highest BCUT2D eigenvalue weighted by atomic mass is 16.5. The molecule has 0 aromatic carbocycles. The molecule has 1 saturated heterocycles. The molecule has 4 aliphatic carbocycles. The highest BCUT2D eigenvalue weighted by Crippen LogP contribution is 2.78. The van der Waals surface area contributed by atoms with Crippen molar-refractivity contribution in [1.29, 1.82) is 0 Å². The lowest BCUT2D eigenvalue weighted by atomic mass is 9.34. The van der Waals surface area contributed by atoms with Crippen molar-refractivity contribution in [3.63, 3.8) is 0 Å². The molecule has 2 nitrogen and oxygen atoms in total. The first kappa shape index (κ1) is 8.54. The molecule has 1 aliphatic heterocycles. The van der Waals surface area contributed by atoms with Gasteiger partial charge in [-0.25, -0.2) is 0 Å². The van der Waals surface area contributed by atoms with Crippen molar-refractivity contribution >= 4 is 5.97 Å². The van der Waals surface area contributed by atoms with E-state index < -0.39 is 0 Å². The Morgan fingerprint density at radius 2 is 2.00 bits per heavy atom. The van der Waals surface area contributed by atoms with Gasteiger partial charge in [-0.1, -0.05) is 0 Å². The molecule has 1 spiro atoms. The van der Waals surface area contributed by atoms with E-state index in [4.69, 9.17) is 4.74 Å². The first-order chi connectivity index (χ1) is 7.81. The van der Waals surface area contributed by atoms with Crippen LogP contribution in [0.3, 0.4) is 0 Å². The molecule has 5 fully saturated rings. The number of ether oxygens (including phenoxy) is 1. The molecule has 0 amide bonds. The topological polar surface area (TPSA) is 26.3 Å². The largest absolute Gasteiger partial charge is 0.465 e. The maximum Gasteiger partial charge on any atom is 0.312 e. The molecule has 16 heavy (non-hydrogen) atoms. The maximum absolute atomic E-state index is 11.9. The van der Waals surface area contributed by atoms with Crippen molar-refractivity contribution in [3.05, 3.63) is 0 Å². The van der Waals surface area contributed by atoms with Crippen LogP contribution in [0.1, 0.15) is 32.1 Å². The number of esters is 1. The van der Waals surface area contributed by atoms with E-state index in [1.54, 1.807) is 0 Å². The van der Waals surface area contributed by atoms with Gasteiger partial charge >= 0.3 is 5.97 Å². The second kappa shape index (κ2) is 2.34. The van der Waals surface area contributed by atoms with Crippen molar-refractivity contribution in [1.82, 2.24) is 0 Å². The number of cyclic esters (lactones) is 1. The van der Waals surface area contributed by atoms with E-state index >= 15 is 0 Å². The van der Waals surface area contributed by atoms with Crippen LogP contribution in [0.4, 0.5) is 0 Å². The van der Waals surface area contributed by atoms with Gasteiger partial charge in [0, 0.05) is 0 Å². The zero-order valence-electron chi connectivity index (χ0n) is 9.52. The third-order valence-electron chi connectivity index (χ3n) is 6.84. The van der Waals surface area contributed by atoms with Gasteiger partial charge in [0.15, 0.2) is 0 Å². The third kappa shape index (κ3) is 0.657. The number of hydrogen-bond acceptors (Lipinski definition) is 2. The van der Waals surface area contributed by atoms with Gasteiger partial charge in [-0.05, 0) is 67.6 Å². The Morgan fingerprint density at radius 1 is 1.19 bits per heavy atom. The van der Waals surface area contributed by atoms with Crippen molar-refractivity contribution < 1.29 is 9.53 Å². The summed E-state index contributed by atoms with van der Waals surface area (Å²) in [4.78, 5) is 11.9. The smallest absolute Gasteiger partial charge is 0.312 e. The van der Waals surface area contributed by atoms with Gasteiger partial charge in [-0.2, -0.15) is 0 Å². The average molecular weight is 218 g/mol. The molecule has 86 valence electrons. The molecule has 0 aromatic rings. The van der Waals surface area contributed by atoms with Crippen molar-refractivity contribution in [2.45, 2.75) is 32.1 Å². The lowest BCUT2D eigenvalue weighted by Gasteiger charge is -2.68. The van der Waals surface area contributed by atoms with Crippen molar-refractivity contribution in [2.75, 3.05) is 6.61 Å². The minimum absolute atomic E-state index is 0.0241. The van der Waals surface area contributed by atoms with Crippen LogP contribution in [-0.4, -0.2) is 12.6 Å². The van der Waals surface area contributed by atoms with Gasteiger partial charge in [0.2, 0.25) is 0 Å². The number of carbonyl (C=O) groups excluding carboxylic acids is 1. The zero-order valence-corrected chi connectivity index (χ0v) is 9.52. The SMILES string of the molecule is O=C1OCCC12CC1C3C4CCC(C4)C3C12. The van der Waals surface area contributed by atoms with Crippen LogP contribution in [0.2, 0.25) is 0 Å². The third-order valence-corrected chi connectivity index (χ3v) is 6.84. The van der Waals surface area contributed by atoms with E-state index in [9.17, 15) is 4.79 Å². The zero-order chi connectivity index (χ0) is 10.5. The van der Waals surface area contributed by atoms with E-state index in [0.29, 0.717) is 6.61 Å². The first-order valence-corrected chi connectivity index (χ1v) is 6.98. The van der Waals surface area contributed by atoms with E-state index in [2.05, 4.69) is 0 Å². The predicted octanol–water partition coefficient (Wildman–Crippen LogP) is 2.23. The lowest BCUT2D eigenvalue weighted by molar-refractivity contribution is -0.226. The average Bonchev–Trinajstić information content (AvgIpc) is 2.88. The van der Waals surface area contributed by atoms with E-state index in [-0.39, 0.29) is 11.4 Å². The van der Waals surface area contributed by atoms with E-state index in [1.807, 2.05) is 0 Å². The minimum Gasteiger partial charge on any atom is -0.465 e. The maximum atomic E-state index is 11.9. The number of hydrogen-bond donors (Lipinski definition) is 0. The fourth-order valence-electron chi connectivity index (χ4n) is 6.42. The van der Waals surface area contributed by atoms with Crippen LogP contribution in [0, 0.1) is 40.9 Å². The summed E-state index contributed by atoms with van der Waals surface area (Å²) in [5.41, 5.74) is 0.0241. The summed E-state index contributed by atoms with van der Waals surface area (Å²) in [7, 11) is 0.